The van der Waals surface area contributed by atoms with Crippen LogP contribution in [0.4, 0.5) is 30.7 Å². The third-order valence-electron chi connectivity index (χ3n) is 4.75. The van der Waals surface area contributed by atoms with E-state index in [-0.39, 0.29) is 5.56 Å². The number of aryl methyl sites for hydroxylation is 1. The molecule has 1 aromatic rings. The number of benzene rings is 1. The summed E-state index contributed by atoms with van der Waals surface area (Å²) in [7, 11) is -6.48. The molecule has 0 fully saturated rings. The Kier molecular flexibility index (Phi) is 9.85. The van der Waals surface area contributed by atoms with Gasteiger partial charge in [-0.3, -0.25) is 9.35 Å². The number of hydrogen-bond donors (Lipinski definition) is 1. The minimum Gasteiger partial charge on any atom is -0.413 e. The summed E-state index contributed by atoms with van der Waals surface area (Å²) in [6.45, 7) is 4.61. The van der Waals surface area contributed by atoms with E-state index in [2.05, 4.69) is 16.1 Å². The van der Waals surface area contributed by atoms with Crippen molar-refractivity contribution in [2.75, 3.05) is 6.61 Å². The minimum absolute atomic E-state index is 0.0984. The predicted molar refractivity (Wildman–Crippen MR) is 111 cm³/mol. The molecule has 0 aliphatic carbocycles. The summed E-state index contributed by atoms with van der Waals surface area (Å²) >= 11 is 0. The molecule has 204 valence electrons. The maximum Gasteiger partial charge on any atom is 0.464 e. The monoisotopic (exact) mass is 552 g/mol. The lowest BCUT2D eigenvalue weighted by Crippen LogP contribution is -2.58. The first kappa shape index (κ1) is 31.5. The van der Waals surface area contributed by atoms with Gasteiger partial charge in [0.15, 0.2) is 0 Å². The highest BCUT2D eigenvalue weighted by Gasteiger charge is 2.66. The number of alkyl halides is 7. The van der Waals surface area contributed by atoms with Crippen LogP contribution in [0, 0.1) is 6.92 Å². The highest BCUT2D eigenvalue weighted by Crippen LogP contribution is 2.42. The van der Waals surface area contributed by atoms with Crippen molar-refractivity contribution >= 4 is 21.9 Å². The Morgan fingerprint density at radius 3 is 1.97 bits per heavy atom. The standard InChI is InChI=1S/C21H23F7O7S/c1-13(2)17(30)35-19(20(24,25)26,16(29)12-15-8-6-14(3)7-9-15)34-11-5-4-10-18(22,23)21(27,28)36(31,32)33/h6-9H,1,4-5,10-12H2,2-3H3,(H,31,32,33). The average molecular weight is 552 g/mol. The first-order chi connectivity index (χ1) is 16.2. The second-order valence-electron chi connectivity index (χ2n) is 7.87. The molecule has 0 bridgehead atoms. The highest BCUT2D eigenvalue weighted by molar-refractivity contribution is 7.87. The van der Waals surface area contributed by atoms with E-state index < -0.39 is 82.9 Å². The zero-order valence-corrected chi connectivity index (χ0v) is 19.8. The fraction of sp³-hybridized carbons (Fsp3) is 0.524. The summed E-state index contributed by atoms with van der Waals surface area (Å²) in [6, 6.07) is 5.68. The number of rotatable bonds is 13. The van der Waals surface area contributed by atoms with Gasteiger partial charge < -0.3 is 9.47 Å². The zero-order chi connectivity index (χ0) is 28.2. The van der Waals surface area contributed by atoms with E-state index in [1.165, 1.54) is 24.3 Å². The minimum atomic E-state index is -6.48. The quantitative estimate of drug-likeness (QED) is 0.0937. The predicted octanol–water partition coefficient (Wildman–Crippen LogP) is 4.79. The van der Waals surface area contributed by atoms with Crippen molar-refractivity contribution in [2.45, 2.75) is 62.7 Å². The maximum atomic E-state index is 14.0. The zero-order valence-electron chi connectivity index (χ0n) is 19.0. The van der Waals surface area contributed by atoms with E-state index >= 15 is 0 Å². The normalized spacial score (nSPS) is 14.7. The van der Waals surface area contributed by atoms with E-state index in [1.807, 2.05) is 0 Å². The van der Waals surface area contributed by atoms with Gasteiger partial charge in [0, 0.05) is 18.4 Å². The van der Waals surface area contributed by atoms with E-state index in [0.717, 1.165) is 12.5 Å². The Bertz CT molecular complexity index is 1070. The number of ether oxygens (including phenoxy) is 2. The molecular weight excluding hydrogens is 529 g/mol. The van der Waals surface area contributed by atoms with E-state index in [9.17, 15) is 48.7 Å². The van der Waals surface area contributed by atoms with Crippen molar-refractivity contribution in [3.8, 4) is 0 Å². The molecular formula is C21H23F7O7S. The number of ketones is 1. The second kappa shape index (κ2) is 11.3. The van der Waals surface area contributed by atoms with Crippen LogP contribution in [0.15, 0.2) is 36.4 Å². The molecule has 15 heteroatoms. The van der Waals surface area contributed by atoms with Crippen LogP contribution in [0.2, 0.25) is 0 Å². The molecule has 1 aromatic carbocycles. The lowest BCUT2D eigenvalue weighted by atomic mass is 10.0. The molecule has 1 atom stereocenters. The third kappa shape index (κ3) is 7.26. The van der Waals surface area contributed by atoms with Gasteiger partial charge >= 0.3 is 39.2 Å². The lowest BCUT2D eigenvalue weighted by molar-refractivity contribution is -0.346. The molecule has 1 rings (SSSR count). The van der Waals surface area contributed by atoms with Crippen molar-refractivity contribution in [3.63, 3.8) is 0 Å². The van der Waals surface area contributed by atoms with Crippen LogP contribution in [0.25, 0.3) is 0 Å². The maximum absolute atomic E-state index is 14.0. The summed E-state index contributed by atoms with van der Waals surface area (Å²) in [4.78, 5) is 24.6. The summed E-state index contributed by atoms with van der Waals surface area (Å²) in [6.07, 6.45) is -10.3. The van der Waals surface area contributed by atoms with E-state index in [0.29, 0.717) is 0 Å². The number of Topliss-reactive ketones (excluding diaryl/α,β-unsaturated/α-hetero) is 1. The summed E-state index contributed by atoms with van der Waals surface area (Å²) in [5, 5.41) is -5.85. The number of halogens is 7. The number of carbonyl (C=O) groups is 2. The van der Waals surface area contributed by atoms with Gasteiger partial charge in [0.05, 0.1) is 6.61 Å². The van der Waals surface area contributed by atoms with Crippen LogP contribution < -0.4 is 0 Å². The number of unbranched alkanes of at least 4 members (excludes halogenated alkanes) is 1. The molecule has 1 N–H and O–H groups in total. The molecule has 0 saturated heterocycles. The first-order valence-electron chi connectivity index (χ1n) is 10.1. The molecule has 7 nitrogen and oxygen atoms in total. The molecule has 0 aliphatic heterocycles. The van der Waals surface area contributed by atoms with Crippen LogP contribution in [0.5, 0.6) is 0 Å². The Balaban J connectivity index is 3.12. The van der Waals surface area contributed by atoms with Crippen LogP contribution in [-0.2, 0) is 35.6 Å². The van der Waals surface area contributed by atoms with Crippen molar-refractivity contribution in [1.29, 1.82) is 0 Å². The molecule has 0 amide bonds. The number of esters is 1. The van der Waals surface area contributed by atoms with Crippen molar-refractivity contribution < 1.29 is 62.8 Å². The smallest absolute Gasteiger partial charge is 0.413 e. The van der Waals surface area contributed by atoms with Crippen LogP contribution >= 0.6 is 0 Å². The van der Waals surface area contributed by atoms with Crippen LogP contribution in [0.3, 0.4) is 0 Å². The Morgan fingerprint density at radius 2 is 1.53 bits per heavy atom. The van der Waals surface area contributed by atoms with Gasteiger partial charge in [0.1, 0.15) is 0 Å². The highest BCUT2D eigenvalue weighted by atomic mass is 32.2. The molecule has 0 aliphatic rings. The van der Waals surface area contributed by atoms with Gasteiger partial charge in [-0.2, -0.15) is 39.2 Å². The largest absolute Gasteiger partial charge is 0.464 e. The van der Waals surface area contributed by atoms with Gasteiger partial charge in [0.25, 0.3) is 0 Å². The van der Waals surface area contributed by atoms with Gasteiger partial charge in [-0.1, -0.05) is 36.4 Å². The molecule has 0 spiro atoms. The average Bonchev–Trinajstić information content (AvgIpc) is 2.72. The van der Waals surface area contributed by atoms with Crippen LogP contribution in [-0.4, -0.2) is 54.5 Å². The summed E-state index contributed by atoms with van der Waals surface area (Å²) in [5.74, 6) is -12.9. The molecule has 0 aromatic heterocycles. The summed E-state index contributed by atoms with van der Waals surface area (Å²) in [5.41, 5.74) is 0.304. The third-order valence-corrected chi connectivity index (χ3v) is 5.70. The topological polar surface area (TPSA) is 107 Å². The molecule has 36 heavy (non-hydrogen) atoms. The van der Waals surface area contributed by atoms with Gasteiger partial charge in [-0.25, -0.2) is 4.79 Å². The Hall–Kier alpha value is -2.52. The van der Waals surface area contributed by atoms with Gasteiger partial charge in [-0.15, -0.1) is 0 Å². The van der Waals surface area contributed by atoms with E-state index in [1.54, 1.807) is 6.92 Å². The molecule has 0 radical (unpaired) electrons. The van der Waals surface area contributed by atoms with Crippen LogP contribution in [0.1, 0.15) is 37.3 Å². The summed E-state index contributed by atoms with van der Waals surface area (Å²) < 4.78 is 134. The van der Waals surface area contributed by atoms with E-state index in [4.69, 9.17) is 4.55 Å². The fourth-order valence-corrected chi connectivity index (χ4v) is 3.17. The Morgan fingerprint density at radius 1 is 1.00 bits per heavy atom. The molecule has 0 heterocycles. The first-order valence-corrected chi connectivity index (χ1v) is 11.5. The number of hydrogen-bond acceptors (Lipinski definition) is 6. The van der Waals surface area contributed by atoms with Crippen molar-refractivity contribution in [2.24, 2.45) is 0 Å². The van der Waals surface area contributed by atoms with Gasteiger partial charge in [-0.05, 0) is 32.3 Å². The second-order valence-corrected chi connectivity index (χ2v) is 9.33. The van der Waals surface area contributed by atoms with Crippen molar-refractivity contribution in [3.05, 3.63) is 47.5 Å². The SMILES string of the molecule is C=C(C)C(=O)OC(OCCCCC(F)(F)C(F)(F)S(=O)(=O)O)(C(=O)Cc1ccc(C)cc1)C(F)(F)F. The number of carbonyl (C=O) groups excluding carboxylic acids is 2. The molecule has 0 saturated carbocycles. The Labute approximate surface area is 202 Å². The van der Waals surface area contributed by atoms with Crippen molar-refractivity contribution in [1.82, 2.24) is 0 Å². The van der Waals surface area contributed by atoms with Gasteiger partial charge in [0.2, 0.25) is 5.78 Å². The fourth-order valence-electron chi connectivity index (χ4n) is 2.69. The lowest BCUT2D eigenvalue weighted by Gasteiger charge is -2.33. The molecule has 1 unspecified atom stereocenters.